The smallest absolute Gasteiger partial charge is 0.345 e. The van der Waals surface area contributed by atoms with Crippen LogP contribution in [0.4, 0.5) is 0 Å². The van der Waals surface area contributed by atoms with Crippen LogP contribution in [0, 0.1) is 0 Å². The number of hydrogen-bond acceptors (Lipinski definition) is 8. The lowest BCUT2D eigenvalue weighted by molar-refractivity contribution is 0.192. The van der Waals surface area contributed by atoms with Gasteiger partial charge in [-0.15, -0.1) is 0 Å². The number of hydrogen-bond donors (Lipinski definition) is 1. The third-order valence-electron chi connectivity index (χ3n) is 6.31. The van der Waals surface area contributed by atoms with Gasteiger partial charge in [0.15, 0.2) is 5.40 Å². The number of rotatable bonds is 19. The molecule has 0 saturated carbocycles. The second kappa shape index (κ2) is 16.8. The van der Waals surface area contributed by atoms with Crippen molar-refractivity contribution in [3.8, 4) is 0 Å². The van der Waals surface area contributed by atoms with Crippen molar-refractivity contribution in [3.63, 3.8) is 0 Å². The topological polar surface area (TPSA) is 94.5 Å². The van der Waals surface area contributed by atoms with Crippen LogP contribution in [0.5, 0.6) is 0 Å². The van der Waals surface area contributed by atoms with Gasteiger partial charge in [-0.2, -0.15) is 0 Å². The van der Waals surface area contributed by atoms with Crippen molar-refractivity contribution in [2.75, 3.05) is 40.0 Å². The molecule has 0 aliphatic rings. The van der Waals surface area contributed by atoms with Crippen LogP contribution in [0.3, 0.4) is 0 Å². The average molecular weight is 584 g/mol. The predicted molar refractivity (Wildman–Crippen MR) is 157 cm³/mol. The second-order valence-electron chi connectivity index (χ2n) is 9.52. The first-order chi connectivity index (χ1) is 18.6. The molecule has 8 nitrogen and oxygen atoms in total. The van der Waals surface area contributed by atoms with Crippen LogP contribution in [0.25, 0.3) is 0 Å². The highest BCUT2D eigenvalue weighted by Crippen LogP contribution is 2.71. The Hall–Kier alpha value is -1.34. The van der Waals surface area contributed by atoms with Gasteiger partial charge < -0.3 is 28.1 Å². The second-order valence-corrected chi connectivity index (χ2v) is 14.4. The van der Waals surface area contributed by atoms with E-state index in [4.69, 9.17) is 18.1 Å². The molecule has 2 aromatic rings. The van der Waals surface area contributed by atoms with Gasteiger partial charge in [0.2, 0.25) is 0 Å². The Bertz CT molecular complexity index is 1010. The Morgan fingerprint density at radius 3 is 1.56 bits per heavy atom. The van der Waals surface area contributed by atoms with E-state index in [0.717, 1.165) is 18.5 Å². The molecule has 39 heavy (non-hydrogen) atoms. The van der Waals surface area contributed by atoms with E-state index in [1.165, 1.54) is 16.7 Å². The van der Waals surface area contributed by atoms with Crippen molar-refractivity contribution in [3.05, 3.63) is 70.8 Å². The van der Waals surface area contributed by atoms with Gasteiger partial charge in [0.1, 0.15) is 0 Å². The van der Waals surface area contributed by atoms with E-state index in [-0.39, 0.29) is 26.4 Å². The Morgan fingerprint density at radius 2 is 1.15 bits per heavy atom. The van der Waals surface area contributed by atoms with E-state index in [2.05, 4.69) is 41.3 Å². The van der Waals surface area contributed by atoms with Crippen LogP contribution >= 0.6 is 15.2 Å². The molecule has 220 valence electrons. The van der Waals surface area contributed by atoms with Gasteiger partial charge in [-0.25, -0.2) is 0 Å². The molecule has 0 aliphatic heterocycles. The lowest BCUT2D eigenvalue weighted by Crippen LogP contribution is -2.22. The molecule has 0 aromatic heterocycles. The van der Waals surface area contributed by atoms with E-state index < -0.39 is 26.7 Å². The molecule has 0 saturated heterocycles. The third kappa shape index (κ3) is 10.5. The molecule has 2 rings (SSSR count). The van der Waals surface area contributed by atoms with Crippen molar-refractivity contribution < 1.29 is 32.3 Å². The first kappa shape index (κ1) is 33.9. The maximum absolute atomic E-state index is 13.7. The van der Waals surface area contributed by atoms with Gasteiger partial charge >= 0.3 is 15.2 Å². The summed E-state index contributed by atoms with van der Waals surface area (Å²) in [6, 6.07) is 16.6. The highest BCUT2D eigenvalue weighted by molar-refractivity contribution is 7.72. The highest BCUT2D eigenvalue weighted by Gasteiger charge is 2.50. The fourth-order valence-corrected chi connectivity index (χ4v) is 9.93. The van der Waals surface area contributed by atoms with Crippen molar-refractivity contribution in [1.82, 2.24) is 4.90 Å². The molecule has 0 bridgehead atoms. The molecule has 0 fully saturated rings. The van der Waals surface area contributed by atoms with Crippen molar-refractivity contribution >= 4 is 15.2 Å². The molecule has 0 spiro atoms. The van der Waals surface area contributed by atoms with E-state index in [9.17, 15) is 14.2 Å². The quantitative estimate of drug-likeness (QED) is 0.171. The van der Waals surface area contributed by atoms with Crippen LogP contribution in [0.15, 0.2) is 48.5 Å². The Morgan fingerprint density at radius 1 is 0.744 bits per heavy atom. The molecule has 0 radical (unpaired) electrons. The van der Waals surface area contributed by atoms with Crippen molar-refractivity contribution in [2.24, 2.45) is 0 Å². The minimum absolute atomic E-state index is 0.176. The highest BCUT2D eigenvalue weighted by atomic mass is 31.2. The fourth-order valence-electron chi connectivity index (χ4n) is 4.47. The SMILES string of the molecule is CCOP(=O)(OCC)C(CCCN(C)Cc1ccc(Cc2ccc(C(C)O)cc2)cc1)P(=O)(OCC)OCC. The minimum atomic E-state index is -3.72. The monoisotopic (exact) mass is 583 g/mol. The molecule has 0 amide bonds. The van der Waals surface area contributed by atoms with Crippen LogP contribution in [0.2, 0.25) is 0 Å². The molecular weight excluding hydrogens is 536 g/mol. The summed E-state index contributed by atoms with van der Waals surface area (Å²) in [4.78, 5) is 2.18. The predicted octanol–water partition coefficient (Wildman–Crippen LogP) is 7.40. The van der Waals surface area contributed by atoms with Gasteiger partial charge in [0, 0.05) is 6.54 Å². The van der Waals surface area contributed by atoms with Gasteiger partial charge in [0.05, 0.1) is 32.5 Å². The van der Waals surface area contributed by atoms with Crippen LogP contribution in [0.1, 0.15) is 75.8 Å². The maximum Gasteiger partial charge on any atom is 0.345 e. The van der Waals surface area contributed by atoms with Crippen molar-refractivity contribution in [2.45, 2.75) is 71.9 Å². The first-order valence-corrected chi connectivity index (χ1v) is 17.1. The molecule has 10 heteroatoms. The first-order valence-electron chi connectivity index (χ1n) is 13.9. The zero-order chi connectivity index (χ0) is 28.9. The van der Waals surface area contributed by atoms with Crippen LogP contribution in [-0.4, -0.2) is 55.4 Å². The Kier molecular flexibility index (Phi) is 14.6. The zero-order valence-corrected chi connectivity index (χ0v) is 26.2. The summed E-state index contributed by atoms with van der Waals surface area (Å²) >= 11 is 0. The van der Waals surface area contributed by atoms with Gasteiger partial charge in [0.25, 0.3) is 0 Å². The van der Waals surface area contributed by atoms with Crippen molar-refractivity contribution in [1.29, 1.82) is 0 Å². The standard InChI is InChI=1S/C29H47NO7P2/c1-7-34-38(32,35-8-2)29(39(33,36-9-3)37-10-4)12-11-21-30(6)23-27-15-13-25(14-16-27)22-26-17-19-28(20-18-26)24(5)31/h13-20,24,29,31H,7-12,21-23H2,1-6H3. The molecule has 0 heterocycles. The number of aliphatic hydroxyl groups excluding tert-OH is 1. The number of aliphatic hydroxyl groups is 1. The van der Waals surface area contributed by atoms with E-state index in [0.29, 0.717) is 19.4 Å². The Labute approximate surface area is 235 Å². The minimum Gasteiger partial charge on any atom is -0.389 e. The average Bonchev–Trinajstić information content (AvgIpc) is 2.88. The van der Waals surface area contributed by atoms with E-state index in [1.807, 2.05) is 19.2 Å². The zero-order valence-electron chi connectivity index (χ0n) is 24.4. The van der Waals surface area contributed by atoms with Crippen LogP contribution < -0.4 is 0 Å². The lowest BCUT2D eigenvalue weighted by atomic mass is 10.0. The van der Waals surface area contributed by atoms with Gasteiger partial charge in [-0.05, 0) is 89.7 Å². The lowest BCUT2D eigenvalue weighted by Gasteiger charge is -2.31. The summed E-state index contributed by atoms with van der Waals surface area (Å²) in [7, 11) is -5.42. The third-order valence-corrected chi connectivity index (χ3v) is 12.5. The maximum atomic E-state index is 13.7. The fraction of sp³-hybridized carbons (Fsp3) is 0.586. The Balaban J connectivity index is 2.00. The number of nitrogens with zero attached hydrogens (tertiary/aromatic N) is 1. The van der Waals surface area contributed by atoms with Crippen LogP contribution in [-0.2, 0) is 40.2 Å². The molecule has 2 aromatic carbocycles. The summed E-state index contributed by atoms with van der Waals surface area (Å²) in [5, 5.41) is 8.72. The molecule has 1 atom stereocenters. The summed E-state index contributed by atoms with van der Waals surface area (Å²) in [6.07, 6.45) is 1.32. The van der Waals surface area contributed by atoms with Gasteiger partial charge in [-0.1, -0.05) is 48.5 Å². The summed E-state index contributed by atoms with van der Waals surface area (Å²) in [6.45, 7) is 10.9. The largest absolute Gasteiger partial charge is 0.389 e. The summed E-state index contributed by atoms with van der Waals surface area (Å²) in [5.41, 5.74) is 4.53. The summed E-state index contributed by atoms with van der Waals surface area (Å²) in [5.74, 6) is 0. The molecule has 0 aliphatic carbocycles. The van der Waals surface area contributed by atoms with E-state index >= 15 is 0 Å². The molecule has 1 N–H and O–H groups in total. The summed E-state index contributed by atoms with van der Waals surface area (Å²) < 4.78 is 49.7. The van der Waals surface area contributed by atoms with Gasteiger partial charge in [-0.3, -0.25) is 9.13 Å². The van der Waals surface area contributed by atoms with E-state index in [1.54, 1.807) is 34.6 Å². The molecular formula is C29H47NO7P2. The molecule has 1 unspecified atom stereocenters. The normalized spacial score (nSPS) is 13.4. The number of benzene rings is 2.